The Balaban J connectivity index is 1.62. The molecule has 0 radical (unpaired) electrons. The Morgan fingerprint density at radius 2 is 1.80 bits per heavy atom. The van der Waals surface area contributed by atoms with Gasteiger partial charge in [0.1, 0.15) is 12.4 Å². The predicted octanol–water partition coefficient (Wildman–Crippen LogP) is 3.50. The van der Waals surface area contributed by atoms with Crippen LogP contribution >= 0.6 is 0 Å². The van der Waals surface area contributed by atoms with E-state index in [1.807, 2.05) is 18.2 Å². The minimum absolute atomic E-state index is 0.284. The largest absolute Gasteiger partial charge is 0.489 e. The molecule has 0 heterocycles. The summed E-state index contributed by atoms with van der Waals surface area (Å²) in [5, 5.41) is 0. The number of hydrogen-bond donors (Lipinski definition) is 1. The van der Waals surface area contributed by atoms with Crippen molar-refractivity contribution in [2.45, 2.75) is 25.4 Å². The van der Waals surface area contributed by atoms with Crippen molar-refractivity contribution < 1.29 is 4.74 Å². The quantitative estimate of drug-likeness (QED) is 0.900. The molecule has 0 amide bonds. The standard InChI is InChI=1S/C18H21NO/c1-18(11-16(18)12-19)15-7-9-17(10-8-15)20-13-14-5-3-2-4-6-14/h2-10,16H,11-13,19H2,1H3. The molecular weight excluding hydrogens is 246 g/mol. The van der Waals surface area contributed by atoms with Crippen LogP contribution in [-0.2, 0) is 12.0 Å². The first kappa shape index (κ1) is 13.2. The van der Waals surface area contributed by atoms with Crippen molar-refractivity contribution >= 4 is 0 Å². The van der Waals surface area contributed by atoms with Crippen LogP contribution in [0.1, 0.15) is 24.5 Å². The monoisotopic (exact) mass is 267 g/mol. The average Bonchev–Trinajstić information content (AvgIpc) is 3.19. The van der Waals surface area contributed by atoms with Crippen molar-refractivity contribution in [1.29, 1.82) is 0 Å². The number of hydrogen-bond acceptors (Lipinski definition) is 2. The first-order valence-corrected chi connectivity index (χ1v) is 7.20. The summed E-state index contributed by atoms with van der Waals surface area (Å²) in [6.07, 6.45) is 1.20. The number of nitrogens with two attached hydrogens (primary N) is 1. The molecule has 1 aliphatic rings. The van der Waals surface area contributed by atoms with Crippen molar-refractivity contribution in [2.75, 3.05) is 6.54 Å². The lowest BCUT2D eigenvalue weighted by atomic mass is 9.95. The van der Waals surface area contributed by atoms with Crippen LogP contribution in [0, 0.1) is 5.92 Å². The molecule has 0 saturated heterocycles. The summed E-state index contributed by atoms with van der Waals surface area (Å²) in [6.45, 7) is 3.69. The normalized spacial score (nSPS) is 24.4. The van der Waals surface area contributed by atoms with Gasteiger partial charge in [-0.25, -0.2) is 0 Å². The number of rotatable bonds is 5. The summed E-state index contributed by atoms with van der Waals surface area (Å²) < 4.78 is 5.81. The number of benzene rings is 2. The zero-order valence-corrected chi connectivity index (χ0v) is 11.9. The topological polar surface area (TPSA) is 35.2 Å². The molecule has 2 aromatic carbocycles. The first-order valence-electron chi connectivity index (χ1n) is 7.20. The van der Waals surface area contributed by atoms with Crippen LogP contribution in [0.3, 0.4) is 0 Å². The lowest BCUT2D eigenvalue weighted by Crippen LogP contribution is -2.11. The molecule has 1 fully saturated rings. The molecule has 0 spiro atoms. The van der Waals surface area contributed by atoms with E-state index in [1.165, 1.54) is 17.5 Å². The summed E-state index contributed by atoms with van der Waals surface area (Å²) in [7, 11) is 0. The molecular formula is C18H21NO. The number of ether oxygens (including phenoxy) is 1. The Morgan fingerprint density at radius 1 is 1.10 bits per heavy atom. The van der Waals surface area contributed by atoms with E-state index in [0.717, 1.165) is 12.3 Å². The predicted molar refractivity (Wildman–Crippen MR) is 81.7 cm³/mol. The van der Waals surface area contributed by atoms with Crippen LogP contribution in [0.15, 0.2) is 54.6 Å². The Morgan fingerprint density at radius 3 is 2.40 bits per heavy atom. The fourth-order valence-corrected chi connectivity index (χ4v) is 2.82. The van der Waals surface area contributed by atoms with Gasteiger partial charge in [0, 0.05) is 0 Å². The van der Waals surface area contributed by atoms with Crippen molar-refractivity contribution in [1.82, 2.24) is 0 Å². The fraction of sp³-hybridized carbons (Fsp3) is 0.333. The fourth-order valence-electron chi connectivity index (χ4n) is 2.82. The molecule has 20 heavy (non-hydrogen) atoms. The molecule has 2 nitrogen and oxygen atoms in total. The van der Waals surface area contributed by atoms with Crippen LogP contribution in [0.5, 0.6) is 5.75 Å². The second-order valence-corrected chi connectivity index (χ2v) is 5.85. The van der Waals surface area contributed by atoms with E-state index in [1.54, 1.807) is 0 Å². The highest BCUT2D eigenvalue weighted by molar-refractivity contribution is 5.37. The summed E-state index contributed by atoms with van der Waals surface area (Å²) in [5.41, 5.74) is 8.61. The zero-order valence-electron chi connectivity index (χ0n) is 11.9. The lowest BCUT2D eigenvalue weighted by molar-refractivity contribution is 0.306. The van der Waals surface area contributed by atoms with Gasteiger partial charge in [-0.1, -0.05) is 49.4 Å². The van der Waals surface area contributed by atoms with E-state index < -0.39 is 0 Å². The average molecular weight is 267 g/mol. The minimum atomic E-state index is 0.284. The molecule has 1 saturated carbocycles. The van der Waals surface area contributed by atoms with E-state index >= 15 is 0 Å². The summed E-state index contributed by atoms with van der Waals surface area (Å²) in [4.78, 5) is 0. The van der Waals surface area contributed by atoms with Gasteiger partial charge in [-0.3, -0.25) is 0 Å². The molecule has 2 heteroatoms. The summed E-state index contributed by atoms with van der Waals surface area (Å²) in [6, 6.07) is 18.7. The van der Waals surface area contributed by atoms with E-state index in [9.17, 15) is 0 Å². The summed E-state index contributed by atoms with van der Waals surface area (Å²) in [5.74, 6) is 1.56. The second kappa shape index (κ2) is 5.29. The van der Waals surface area contributed by atoms with Gasteiger partial charge in [-0.2, -0.15) is 0 Å². The molecule has 0 bridgehead atoms. The Hall–Kier alpha value is -1.80. The zero-order chi connectivity index (χ0) is 14.0. The van der Waals surface area contributed by atoms with Gasteiger partial charge in [0.15, 0.2) is 0 Å². The Kier molecular flexibility index (Phi) is 3.49. The van der Waals surface area contributed by atoms with Crippen molar-refractivity contribution in [3.63, 3.8) is 0 Å². The van der Waals surface area contributed by atoms with Gasteiger partial charge in [-0.05, 0) is 47.6 Å². The van der Waals surface area contributed by atoms with E-state index in [0.29, 0.717) is 12.5 Å². The van der Waals surface area contributed by atoms with E-state index in [-0.39, 0.29) is 5.41 Å². The van der Waals surface area contributed by atoms with Crippen LogP contribution in [0.25, 0.3) is 0 Å². The van der Waals surface area contributed by atoms with Gasteiger partial charge in [0.05, 0.1) is 0 Å². The SMILES string of the molecule is CC1(c2ccc(OCc3ccccc3)cc2)CC1CN. The lowest BCUT2D eigenvalue weighted by Gasteiger charge is -2.12. The van der Waals surface area contributed by atoms with Crippen LogP contribution in [-0.4, -0.2) is 6.54 Å². The first-order chi connectivity index (χ1) is 9.72. The van der Waals surface area contributed by atoms with Gasteiger partial charge >= 0.3 is 0 Å². The van der Waals surface area contributed by atoms with Crippen molar-refractivity contribution in [3.8, 4) is 5.75 Å². The smallest absolute Gasteiger partial charge is 0.119 e. The highest BCUT2D eigenvalue weighted by atomic mass is 16.5. The van der Waals surface area contributed by atoms with Gasteiger partial charge < -0.3 is 10.5 Å². The molecule has 2 atom stereocenters. The third-order valence-corrected chi connectivity index (χ3v) is 4.46. The maximum absolute atomic E-state index is 5.81. The molecule has 0 aliphatic heterocycles. The Bertz CT molecular complexity index is 564. The van der Waals surface area contributed by atoms with Crippen molar-refractivity contribution in [3.05, 3.63) is 65.7 Å². The maximum Gasteiger partial charge on any atom is 0.119 e. The van der Waals surface area contributed by atoms with E-state index in [2.05, 4.69) is 43.3 Å². The molecule has 3 rings (SSSR count). The molecule has 2 unspecified atom stereocenters. The molecule has 2 N–H and O–H groups in total. The van der Waals surface area contributed by atoms with Crippen LogP contribution < -0.4 is 10.5 Å². The molecule has 104 valence electrons. The third-order valence-electron chi connectivity index (χ3n) is 4.46. The molecule has 0 aromatic heterocycles. The third kappa shape index (κ3) is 2.56. The minimum Gasteiger partial charge on any atom is -0.489 e. The van der Waals surface area contributed by atoms with Gasteiger partial charge in [-0.15, -0.1) is 0 Å². The van der Waals surface area contributed by atoms with Gasteiger partial charge in [0.2, 0.25) is 0 Å². The van der Waals surface area contributed by atoms with Crippen LogP contribution in [0.4, 0.5) is 0 Å². The molecule has 1 aliphatic carbocycles. The van der Waals surface area contributed by atoms with Crippen molar-refractivity contribution in [2.24, 2.45) is 11.7 Å². The highest BCUT2D eigenvalue weighted by Gasteiger charge is 2.49. The Labute approximate surface area is 120 Å². The van der Waals surface area contributed by atoms with E-state index in [4.69, 9.17) is 10.5 Å². The highest BCUT2D eigenvalue weighted by Crippen LogP contribution is 2.53. The summed E-state index contributed by atoms with van der Waals surface area (Å²) >= 11 is 0. The molecule has 2 aromatic rings. The van der Waals surface area contributed by atoms with Crippen LogP contribution in [0.2, 0.25) is 0 Å². The maximum atomic E-state index is 5.81. The second-order valence-electron chi connectivity index (χ2n) is 5.85. The van der Waals surface area contributed by atoms with Gasteiger partial charge in [0.25, 0.3) is 0 Å².